The second-order valence-corrected chi connectivity index (χ2v) is 6.28. The molecule has 1 amide bonds. The number of thioether (sulfide) groups is 1. The summed E-state index contributed by atoms with van der Waals surface area (Å²) in [5.74, 6) is 0.769. The summed E-state index contributed by atoms with van der Waals surface area (Å²) in [6.45, 7) is 5.13. The highest BCUT2D eigenvalue weighted by molar-refractivity contribution is 8.00. The summed E-state index contributed by atoms with van der Waals surface area (Å²) in [5, 5.41) is 7.03. The molecule has 1 aliphatic rings. The Bertz CT molecular complexity index is 230. The fourth-order valence-electron chi connectivity index (χ4n) is 2.07. The summed E-state index contributed by atoms with van der Waals surface area (Å²) in [5.41, 5.74) is 0. The molecule has 1 saturated heterocycles. The SMILES string of the molecule is CC(CN(C)C)NC(=O)CSC1CCNCC1. The third-order valence-electron chi connectivity index (χ3n) is 2.78. The van der Waals surface area contributed by atoms with Crippen LogP contribution in [0.4, 0.5) is 0 Å². The summed E-state index contributed by atoms with van der Waals surface area (Å²) >= 11 is 1.80. The molecule has 0 saturated carbocycles. The number of carbonyl (C=O) groups excluding carboxylic acids is 1. The molecule has 0 bridgehead atoms. The summed E-state index contributed by atoms with van der Waals surface area (Å²) in [6.07, 6.45) is 2.37. The molecule has 0 aliphatic carbocycles. The van der Waals surface area contributed by atoms with E-state index < -0.39 is 0 Å². The molecule has 17 heavy (non-hydrogen) atoms. The lowest BCUT2D eigenvalue weighted by Crippen LogP contribution is -2.40. The highest BCUT2D eigenvalue weighted by atomic mass is 32.2. The average molecular weight is 259 g/mol. The van der Waals surface area contributed by atoms with E-state index in [0.717, 1.165) is 19.6 Å². The van der Waals surface area contributed by atoms with E-state index >= 15 is 0 Å². The highest BCUT2D eigenvalue weighted by Crippen LogP contribution is 2.19. The van der Waals surface area contributed by atoms with Crippen molar-refractivity contribution in [3.8, 4) is 0 Å². The van der Waals surface area contributed by atoms with Crippen LogP contribution in [0.1, 0.15) is 19.8 Å². The van der Waals surface area contributed by atoms with Gasteiger partial charge in [-0.05, 0) is 47.0 Å². The van der Waals surface area contributed by atoms with E-state index in [1.54, 1.807) is 11.8 Å². The molecule has 1 fully saturated rings. The van der Waals surface area contributed by atoms with Crippen LogP contribution in [-0.4, -0.2) is 61.6 Å². The second-order valence-electron chi connectivity index (χ2n) is 4.99. The predicted molar refractivity (Wildman–Crippen MR) is 74.5 cm³/mol. The Morgan fingerprint density at radius 3 is 2.71 bits per heavy atom. The van der Waals surface area contributed by atoms with Crippen molar-refractivity contribution >= 4 is 17.7 Å². The Labute approximate surface area is 109 Å². The molecule has 2 N–H and O–H groups in total. The van der Waals surface area contributed by atoms with Crippen molar-refractivity contribution < 1.29 is 4.79 Å². The van der Waals surface area contributed by atoms with Gasteiger partial charge in [-0.25, -0.2) is 0 Å². The van der Waals surface area contributed by atoms with Gasteiger partial charge in [0.1, 0.15) is 0 Å². The monoisotopic (exact) mass is 259 g/mol. The van der Waals surface area contributed by atoms with E-state index in [1.165, 1.54) is 12.8 Å². The van der Waals surface area contributed by atoms with Crippen LogP contribution in [-0.2, 0) is 4.79 Å². The Morgan fingerprint density at radius 2 is 2.12 bits per heavy atom. The number of carbonyl (C=O) groups is 1. The third kappa shape index (κ3) is 6.91. The van der Waals surface area contributed by atoms with Gasteiger partial charge in [-0.2, -0.15) is 0 Å². The molecule has 0 aromatic carbocycles. The van der Waals surface area contributed by atoms with Crippen molar-refractivity contribution in [3.63, 3.8) is 0 Å². The maximum atomic E-state index is 11.7. The number of rotatable bonds is 6. The van der Waals surface area contributed by atoms with Gasteiger partial charge < -0.3 is 15.5 Å². The first-order valence-electron chi connectivity index (χ1n) is 6.34. The minimum atomic E-state index is 0.169. The van der Waals surface area contributed by atoms with Crippen molar-refractivity contribution in [2.24, 2.45) is 0 Å². The van der Waals surface area contributed by atoms with Crippen LogP contribution in [0.15, 0.2) is 0 Å². The standard InChI is InChI=1S/C12H25N3OS/c1-10(8-15(2)3)14-12(16)9-17-11-4-6-13-7-5-11/h10-11,13H,4-9H2,1-3H3,(H,14,16). The lowest BCUT2D eigenvalue weighted by atomic mass is 10.2. The zero-order chi connectivity index (χ0) is 12.7. The first-order chi connectivity index (χ1) is 8.08. The highest BCUT2D eigenvalue weighted by Gasteiger charge is 2.15. The molecule has 4 nitrogen and oxygen atoms in total. The number of nitrogens with one attached hydrogen (secondary N) is 2. The lowest BCUT2D eigenvalue weighted by molar-refractivity contribution is -0.119. The van der Waals surface area contributed by atoms with Gasteiger partial charge in [-0.15, -0.1) is 11.8 Å². The number of hydrogen-bond donors (Lipinski definition) is 2. The van der Waals surface area contributed by atoms with Crippen LogP contribution in [0.2, 0.25) is 0 Å². The maximum absolute atomic E-state index is 11.7. The van der Waals surface area contributed by atoms with Crippen molar-refractivity contribution in [3.05, 3.63) is 0 Å². The molecule has 5 heteroatoms. The molecule has 0 radical (unpaired) electrons. The Kier molecular flexibility index (Phi) is 6.92. The number of piperidine rings is 1. The zero-order valence-corrected chi connectivity index (χ0v) is 12.0. The van der Waals surface area contributed by atoms with Crippen LogP contribution in [0.5, 0.6) is 0 Å². The van der Waals surface area contributed by atoms with E-state index in [2.05, 4.69) is 15.5 Å². The summed E-state index contributed by atoms with van der Waals surface area (Å²) in [4.78, 5) is 13.8. The quantitative estimate of drug-likeness (QED) is 0.731. The van der Waals surface area contributed by atoms with E-state index in [1.807, 2.05) is 21.0 Å². The fraction of sp³-hybridized carbons (Fsp3) is 0.917. The molecular weight excluding hydrogens is 234 g/mol. The van der Waals surface area contributed by atoms with Gasteiger partial charge in [0.25, 0.3) is 0 Å². The summed E-state index contributed by atoms with van der Waals surface area (Å²) < 4.78 is 0. The van der Waals surface area contributed by atoms with Gasteiger partial charge in [-0.1, -0.05) is 0 Å². The van der Waals surface area contributed by atoms with Gasteiger partial charge >= 0.3 is 0 Å². The minimum absolute atomic E-state index is 0.169. The van der Waals surface area contributed by atoms with Crippen molar-refractivity contribution in [2.75, 3.05) is 39.5 Å². The number of likely N-dealkylation sites (N-methyl/N-ethyl adjacent to an activating group) is 1. The van der Waals surface area contributed by atoms with Crippen LogP contribution < -0.4 is 10.6 Å². The van der Waals surface area contributed by atoms with E-state index in [9.17, 15) is 4.79 Å². The molecule has 100 valence electrons. The van der Waals surface area contributed by atoms with Gasteiger partial charge in [-0.3, -0.25) is 4.79 Å². The second kappa shape index (κ2) is 7.95. The molecular formula is C12H25N3OS. The lowest BCUT2D eigenvalue weighted by Gasteiger charge is -2.22. The average Bonchev–Trinajstić information content (AvgIpc) is 2.26. The van der Waals surface area contributed by atoms with Gasteiger partial charge in [0.05, 0.1) is 5.75 Å². The number of amides is 1. The Hall–Kier alpha value is -0.260. The minimum Gasteiger partial charge on any atom is -0.352 e. The van der Waals surface area contributed by atoms with Gasteiger partial charge in [0.15, 0.2) is 0 Å². The number of hydrogen-bond acceptors (Lipinski definition) is 4. The van der Waals surface area contributed by atoms with Crippen molar-refractivity contribution in [1.29, 1.82) is 0 Å². The normalized spacial score (nSPS) is 19.3. The largest absolute Gasteiger partial charge is 0.352 e. The molecule has 1 unspecified atom stereocenters. The van der Waals surface area contributed by atoms with E-state index in [-0.39, 0.29) is 11.9 Å². The van der Waals surface area contributed by atoms with Crippen molar-refractivity contribution in [1.82, 2.24) is 15.5 Å². The smallest absolute Gasteiger partial charge is 0.230 e. The molecule has 1 aliphatic heterocycles. The van der Waals surface area contributed by atoms with Crippen LogP contribution in [0.3, 0.4) is 0 Å². The summed E-state index contributed by atoms with van der Waals surface area (Å²) in [6, 6.07) is 0.228. The molecule has 1 rings (SSSR count). The fourth-order valence-corrected chi connectivity index (χ4v) is 3.10. The third-order valence-corrected chi connectivity index (χ3v) is 4.15. The molecule has 0 aromatic rings. The summed E-state index contributed by atoms with van der Waals surface area (Å²) in [7, 11) is 4.04. The molecule has 0 aromatic heterocycles. The van der Waals surface area contributed by atoms with Gasteiger partial charge in [0.2, 0.25) is 5.91 Å². The first kappa shape index (κ1) is 14.8. The Balaban J connectivity index is 2.11. The first-order valence-corrected chi connectivity index (χ1v) is 7.39. The molecule has 1 atom stereocenters. The van der Waals surface area contributed by atoms with E-state index in [4.69, 9.17) is 0 Å². The van der Waals surface area contributed by atoms with Crippen molar-refractivity contribution in [2.45, 2.75) is 31.1 Å². The molecule has 0 spiro atoms. The van der Waals surface area contributed by atoms with E-state index in [0.29, 0.717) is 11.0 Å². The number of nitrogens with zero attached hydrogens (tertiary/aromatic N) is 1. The van der Waals surface area contributed by atoms with Gasteiger partial charge in [0, 0.05) is 17.8 Å². The zero-order valence-electron chi connectivity index (χ0n) is 11.2. The van der Waals surface area contributed by atoms with Crippen LogP contribution in [0.25, 0.3) is 0 Å². The van der Waals surface area contributed by atoms with Crippen LogP contribution in [0, 0.1) is 0 Å². The topological polar surface area (TPSA) is 44.4 Å². The molecule has 1 heterocycles. The van der Waals surface area contributed by atoms with Crippen LogP contribution >= 0.6 is 11.8 Å². The maximum Gasteiger partial charge on any atom is 0.230 e. The predicted octanol–water partition coefficient (Wildman–Crippen LogP) is 0.538. The Morgan fingerprint density at radius 1 is 1.47 bits per heavy atom.